The predicted molar refractivity (Wildman–Crippen MR) is 111 cm³/mol. The van der Waals surface area contributed by atoms with Crippen LogP contribution in [-0.2, 0) is 12.8 Å². The van der Waals surface area contributed by atoms with Crippen LogP contribution in [0.2, 0.25) is 0 Å². The van der Waals surface area contributed by atoms with E-state index in [1.54, 1.807) is 36.4 Å². The summed E-state index contributed by atoms with van der Waals surface area (Å²) >= 11 is 0. The molecule has 0 aromatic heterocycles. The van der Waals surface area contributed by atoms with Crippen LogP contribution in [0.4, 0.5) is 0 Å². The van der Waals surface area contributed by atoms with Crippen LogP contribution in [0.15, 0.2) is 72.8 Å². The highest BCUT2D eigenvalue weighted by atomic mass is 16.5. The second-order valence-electron chi connectivity index (χ2n) is 6.63. The molecule has 0 aliphatic carbocycles. The van der Waals surface area contributed by atoms with E-state index in [1.807, 2.05) is 37.3 Å². The van der Waals surface area contributed by atoms with Crippen molar-refractivity contribution in [2.24, 2.45) is 0 Å². The Labute approximate surface area is 166 Å². The molecule has 0 spiro atoms. The number of Topliss-reactive ketones (excluding diaryl/α,β-unsaturated/α-hetero) is 1. The van der Waals surface area contributed by atoms with Gasteiger partial charge >= 0.3 is 0 Å². The molecule has 28 heavy (non-hydrogen) atoms. The van der Waals surface area contributed by atoms with E-state index in [-0.39, 0.29) is 18.2 Å². The summed E-state index contributed by atoms with van der Waals surface area (Å²) in [6.45, 7) is 4.09. The van der Waals surface area contributed by atoms with Gasteiger partial charge in [-0.05, 0) is 54.3 Å². The number of hydrogen-bond acceptors (Lipinski definition) is 3. The molecule has 3 heteroatoms. The molecule has 0 saturated heterocycles. The predicted octanol–water partition coefficient (Wildman–Crippen LogP) is 5.30. The number of hydrogen-bond donors (Lipinski definition) is 0. The van der Waals surface area contributed by atoms with Gasteiger partial charge in [0.25, 0.3) is 0 Å². The van der Waals surface area contributed by atoms with Crippen LogP contribution in [0.3, 0.4) is 0 Å². The molecule has 0 N–H and O–H groups in total. The fourth-order valence-corrected chi connectivity index (χ4v) is 3.10. The van der Waals surface area contributed by atoms with E-state index in [2.05, 4.69) is 13.0 Å². The number of aryl methyl sites for hydroxylation is 2. The summed E-state index contributed by atoms with van der Waals surface area (Å²) < 4.78 is 5.67. The van der Waals surface area contributed by atoms with Crippen molar-refractivity contribution in [1.82, 2.24) is 0 Å². The van der Waals surface area contributed by atoms with Crippen molar-refractivity contribution in [2.45, 2.75) is 26.7 Å². The van der Waals surface area contributed by atoms with Gasteiger partial charge in [0.15, 0.2) is 18.2 Å². The summed E-state index contributed by atoms with van der Waals surface area (Å²) in [5.41, 5.74) is 4.15. The third-order valence-corrected chi connectivity index (χ3v) is 4.79. The van der Waals surface area contributed by atoms with E-state index in [4.69, 9.17) is 4.74 Å². The van der Waals surface area contributed by atoms with E-state index >= 15 is 0 Å². The van der Waals surface area contributed by atoms with Crippen LogP contribution in [0, 0.1) is 0 Å². The van der Waals surface area contributed by atoms with Gasteiger partial charge in [-0.15, -0.1) is 0 Å². The molecule has 3 aromatic carbocycles. The molecule has 0 aliphatic heterocycles. The van der Waals surface area contributed by atoms with E-state index in [9.17, 15) is 9.59 Å². The summed E-state index contributed by atoms with van der Waals surface area (Å²) in [4.78, 5) is 25.1. The maximum Gasteiger partial charge on any atom is 0.200 e. The Morgan fingerprint density at radius 1 is 0.786 bits per heavy atom. The number of ether oxygens (including phenoxy) is 1. The summed E-state index contributed by atoms with van der Waals surface area (Å²) in [5.74, 6) is 0.506. The Kier molecular flexibility index (Phi) is 6.38. The summed E-state index contributed by atoms with van der Waals surface area (Å²) in [6.07, 6.45) is 1.70. The van der Waals surface area contributed by atoms with Crippen LogP contribution < -0.4 is 4.74 Å². The number of benzene rings is 3. The van der Waals surface area contributed by atoms with Gasteiger partial charge in [0.1, 0.15) is 5.75 Å². The van der Waals surface area contributed by atoms with Crippen LogP contribution in [0.5, 0.6) is 5.75 Å². The lowest BCUT2D eigenvalue weighted by atomic mass is 9.98. The van der Waals surface area contributed by atoms with Crippen LogP contribution in [0.25, 0.3) is 0 Å². The maximum absolute atomic E-state index is 12.6. The Bertz CT molecular complexity index is 957. The van der Waals surface area contributed by atoms with E-state index < -0.39 is 0 Å². The largest absolute Gasteiger partial charge is 0.485 e. The molecule has 0 amide bonds. The molecule has 0 fully saturated rings. The quantitative estimate of drug-likeness (QED) is 0.504. The summed E-state index contributed by atoms with van der Waals surface area (Å²) in [7, 11) is 0. The SMILES string of the molecule is CCc1ccc(CC)c(C(=O)COc2ccc(C(=O)c3ccccc3)cc2)c1. The minimum atomic E-state index is -0.0350. The normalized spacial score (nSPS) is 10.5. The Balaban J connectivity index is 1.67. The Hall–Kier alpha value is -3.20. The molecule has 0 atom stereocenters. The topological polar surface area (TPSA) is 43.4 Å². The average molecular weight is 372 g/mol. The smallest absolute Gasteiger partial charge is 0.200 e. The highest BCUT2D eigenvalue weighted by Crippen LogP contribution is 2.18. The second kappa shape index (κ2) is 9.14. The molecular formula is C25H24O3. The lowest BCUT2D eigenvalue weighted by molar-refractivity contribution is 0.0919. The molecule has 0 bridgehead atoms. The molecule has 3 aromatic rings. The zero-order valence-electron chi connectivity index (χ0n) is 16.3. The third-order valence-electron chi connectivity index (χ3n) is 4.79. The van der Waals surface area contributed by atoms with Crippen LogP contribution in [0.1, 0.15) is 51.3 Å². The second-order valence-corrected chi connectivity index (χ2v) is 6.63. The minimum Gasteiger partial charge on any atom is -0.485 e. The van der Waals surface area contributed by atoms with Crippen molar-refractivity contribution < 1.29 is 14.3 Å². The van der Waals surface area contributed by atoms with Crippen molar-refractivity contribution in [3.05, 3.63) is 101 Å². The molecule has 3 nitrogen and oxygen atoms in total. The maximum atomic E-state index is 12.6. The lowest BCUT2D eigenvalue weighted by Crippen LogP contribution is -2.14. The minimum absolute atomic E-state index is 0.0217. The van der Waals surface area contributed by atoms with Crippen molar-refractivity contribution in [2.75, 3.05) is 6.61 Å². The summed E-state index contributed by atoms with van der Waals surface area (Å²) in [5, 5.41) is 0. The first-order valence-electron chi connectivity index (χ1n) is 9.60. The van der Waals surface area contributed by atoms with Gasteiger partial charge in [-0.25, -0.2) is 0 Å². The molecule has 0 aliphatic rings. The van der Waals surface area contributed by atoms with E-state index in [0.29, 0.717) is 16.9 Å². The van der Waals surface area contributed by atoms with E-state index in [0.717, 1.165) is 29.5 Å². The standard InChI is InChI=1S/C25H24O3/c1-3-18-10-11-19(4-2)23(16-18)24(26)17-28-22-14-12-21(13-15-22)25(27)20-8-6-5-7-9-20/h5-16H,3-4,17H2,1-2H3. The first-order chi connectivity index (χ1) is 13.6. The Morgan fingerprint density at radius 3 is 2.11 bits per heavy atom. The first-order valence-corrected chi connectivity index (χ1v) is 9.60. The van der Waals surface area contributed by atoms with Crippen LogP contribution in [-0.4, -0.2) is 18.2 Å². The van der Waals surface area contributed by atoms with Gasteiger partial charge in [0, 0.05) is 16.7 Å². The zero-order chi connectivity index (χ0) is 19.9. The van der Waals surface area contributed by atoms with Gasteiger partial charge < -0.3 is 4.74 Å². The van der Waals surface area contributed by atoms with Gasteiger partial charge in [0.05, 0.1) is 0 Å². The van der Waals surface area contributed by atoms with E-state index in [1.165, 1.54) is 0 Å². The fourth-order valence-electron chi connectivity index (χ4n) is 3.10. The van der Waals surface area contributed by atoms with Gasteiger partial charge in [0.2, 0.25) is 0 Å². The summed E-state index contributed by atoms with van der Waals surface area (Å²) in [6, 6.07) is 22.1. The number of carbonyl (C=O) groups is 2. The fraction of sp³-hybridized carbons (Fsp3) is 0.200. The van der Waals surface area contributed by atoms with Gasteiger partial charge in [-0.1, -0.05) is 56.3 Å². The Morgan fingerprint density at radius 2 is 1.46 bits per heavy atom. The van der Waals surface area contributed by atoms with Crippen molar-refractivity contribution in [1.29, 1.82) is 0 Å². The van der Waals surface area contributed by atoms with Crippen molar-refractivity contribution in [3.8, 4) is 5.75 Å². The molecular weight excluding hydrogens is 348 g/mol. The van der Waals surface area contributed by atoms with Crippen LogP contribution >= 0.6 is 0 Å². The highest BCUT2D eigenvalue weighted by Gasteiger charge is 2.13. The van der Waals surface area contributed by atoms with Gasteiger partial charge in [-0.3, -0.25) is 9.59 Å². The highest BCUT2D eigenvalue weighted by molar-refractivity contribution is 6.09. The number of ketones is 2. The lowest BCUT2D eigenvalue weighted by Gasteiger charge is -2.11. The number of rotatable bonds is 8. The first kappa shape index (κ1) is 19.6. The molecule has 142 valence electrons. The monoisotopic (exact) mass is 372 g/mol. The molecule has 0 radical (unpaired) electrons. The average Bonchev–Trinajstić information content (AvgIpc) is 2.77. The molecule has 0 unspecified atom stereocenters. The molecule has 3 rings (SSSR count). The third kappa shape index (κ3) is 4.55. The molecule has 0 heterocycles. The van der Waals surface area contributed by atoms with Crippen molar-refractivity contribution in [3.63, 3.8) is 0 Å². The van der Waals surface area contributed by atoms with Crippen molar-refractivity contribution >= 4 is 11.6 Å². The molecule has 0 saturated carbocycles. The zero-order valence-corrected chi connectivity index (χ0v) is 16.3. The van der Waals surface area contributed by atoms with Gasteiger partial charge in [-0.2, -0.15) is 0 Å². The number of carbonyl (C=O) groups excluding carboxylic acids is 2.